The molecule has 0 aliphatic rings. The van der Waals surface area contributed by atoms with Gasteiger partial charge in [0.15, 0.2) is 16.6 Å². The maximum absolute atomic E-state index is 12.4. The Bertz CT molecular complexity index is 1270. The van der Waals surface area contributed by atoms with Gasteiger partial charge in [-0.1, -0.05) is 75.0 Å². The van der Waals surface area contributed by atoms with E-state index in [0.29, 0.717) is 16.6 Å². The summed E-state index contributed by atoms with van der Waals surface area (Å²) in [5, 5.41) is 6.03. The quantitative estimate of drug-likeness (QED) is 0.462. The van der Waals surface area contributed by atoms with E-state index in [-0.39, 0.29) is 22.6 Å². The molecule has 1 amide bonds. The van der Waals surface area contributed by atoms with Crippen LogP contribution in [0.2, 0.25) is 0 Å². The third kappa shape index (κ3) is 4.86. The summed E-state index contributed by atoms with van der Waals surface area (Å²) in [5.41, 5.74) is 3.02. The molecule has 0 fully saturated rings. The van der Waals surface area contributed by atoms with Gasteiger partial charge in [-0.25, -0.2) is 14.5 Å². The van der Waals surface area contributed by atoms with Crippen LogP contribution < -0.4 is 10.9 Å². The molecule has 0 unspecified atom stereocenters. The third-order valence-corrected chi connectivity index (χ3v) is 5.66. The van der Waals surface area contributed by atoms with Crippen LogP contribution in [0.4, 0.5) is 5.69 Å². The van der Waals surface area contributed by atoms with Gasteiger partial charge in [0.1, 0.15) is 0 Å². The minimum absolute atomic E-state index is 0.0460. The van der Waals surface area contributed by atoms with E-state index in [0.717, 1.165) is 11.3 Å². The molecule has 8 heteroatoms. The largest absolute Gasteiger partial charge is 0.325 e. The Morgan fingerprint density at radius 2 is 1.77 bits per heavy atom. The third-order valence-electron chi connectivity index (χ3n) is 4.72. The number of amides is 1. The van der Waals surface area contributed by atoms with Crippen molar-refractivity contribution < 1.29 is 4.79 Å². The van der Waals surface area contributed by atoms with Crippen LogP contribution in [-0.4, -0.2) is 31.2 Å². The van der Waals surface area contributed by atoms with Gasteiger partial charge in [-0.05, 0) is 23.1 Å². The van der Waals surface area contributed by atoms with E-state index >= 15 is 0 Å². The second-order valence-electron chi connectivity index (χ2n) is 8.17. The van der Waals surface area contributed by atoms with E-state index in [2.05, 4.69) is 53.3 Å². The Hall–Kier alpha value is -3.39. The molecule has 31 heavy (non-hydrogen) atoms. The summed E-state index contributed by atoms with van der Waals surface area (Å²) >= 11 is 1.24. The summed E-state index contributed by atoms with van der Waals surface area (Å²) in [5.74, 6) is 0.489. The van der Waals surface area contributed by atoms with Crippen molar-refractivity contribution in [3.05, 3.63) is 76.6 Å². The van der Waals surface area contributed by atoms with E-state index in [1.165, 1.54) is 27.9 Å². The number of hydrogen-bond acceptors (Lipinski definition) is 5. The molecule has 0 bridgehead atoms. The Morgan fingerprint density at radius 1 is 1.06 bits per heavy atom. The number of carbonyl (C=O) groups excluding carboxylic acids is 1. The van der Waals surface area contributed by atoms with Crippen LogP contribution in [0.5, 0.6) is 0 Å². The van der Waals surface area contributed by atoms with Crippen LogP contribution in [0.25, 0.3) is 17.0 Å². The Labute approximate surface area is 183 Å². The van der Waals surface area contributed by atoms with Gasteiger partial charge >= 0.3 is 0 Å². The van der Waals surface area contributed by atoms with E-state index in [1.807, 2.05) is 42.5 Å². The first-order chi connectivity index (χ1) is 14.8. The zero-order valence-corrected chi connectivity index (χ0v) is 18.4. The van der Waals surface area contributed by atoms with E-state index in [1.54, 1.807) is 0 Å². The molecule has 0 atom stereocenters. The Kier molecular flexibility index (Phi) is 5.65. The highest BCUT2D eigenvalue weighted by atomic mass is 32.2. The highest BCUT2D eigenvalue weighted by Gasteiger charge is 2.16. The zero-order valence-electron chi connectivity index (χ0n) is 17.5. The monoisotopic (exact) mass is 433 g/mol. The van der Waals surface area contributed by atoms with Crippen molar-refractivity contribution >= 4 is 29.0 Å². The molecule has 2 aromatic carbocycles. The summed E-state index contributed by atoms with van der Waals surface area (Å²) in [6, 6.07) is 18.8. The fraction of sp³-hybridized carbons (Fsp3) is 0.217. The average molecular weight is 434 g/mol. The molecule has 2 aromatic heterocycles. The number of nitrogens with zero attached hydrogens (tertiary/aromatic N) is 3. The van der Waals surface area contributed by atoms with E-state index in [4.69, 9.17) is 0 Å². The van der Waals surface area contributed by atoms with Crippen molar-refractivity contribution in [3.63, 3.8) is 0 Å². The molecule has 158 valence electrons. The van der Waals surface area contributed by atoms with Gasteiger partial charge in [0.25, 0.3) is 5.56 Å². The maximum atomic E-state index is 12.4. The predicted octanol–water partition coefficient (Wildman–Crippen LogP) is 4.11. The minimum Gasteiger partial charge on any atom is -0.325 e. The van der Waals surface area contributed by atoms with Crippen molar-refractivity contribution in [1.29, 1.82) is 0 Å². The topological polar surface area (TPSA) is 92.2 Å². The molecule has 0 saturated carbocycles. The summed E-state index contributed by atoms with van der Waals surface area (Å²) in [6.45, 7) is 6.48. The second kappa shape index (κ2) is 8.39. The lowest BCUT2D eigenvalue weighted by Crippen LogP contribution is -2.15. The van der Waals surface area contributed by atoms with Crippen LogP contribution in [0.15, 0.2) is 70.6 Å². The SMILES string of the molecule is CC(C)(C)c1ccc(-c2nc(SCC(=O)Nc3ccccc3)n3[nH]c(=O)cc3n2)cc1. The lowest BCUT2D eigenvalue weighted by atomic mass is 9.87. The Morgan fingerprint density at radius 3 is 2.45 bits per heavy atom. The summed E-state index contributed by atoms with van der Waals surface area (Å²) in [6.07, 6.45) is 0. The van der Waals surface area contributed by atoms with Crippen molar-refractivity contribution in [2.45, 2.75) is 31.3 Å². The fourth-order valence-electron chi connectivity index (χ4n) is 3.08. The maximum Gasteiger partial charge on any atom is 0.266 e. The summed E-state index contributed by atoms with van der Waals surface area (Å²) < 4.78 is 1.51. The first-order valence-electron chi connectivity index (χ1n) is 9.88. The zero-order chi connectivity index (χ0) is 22.0. The Balaban J connectivity index is 1.61. The van der Waals surface area contributed by atoms with Crippen LogP contribution >= 0.6 is 11.8 Å². The number of H-pyrrole nitrogens is 1. The number of nitrogens with one attached hydrogen (secondary N) is 2. The minimum atomic E-state index is -0.273. The van der Waals surface area contributed by atoms with E-state index < -0.39 is 0 Å². The average Bonchev–Trinajstić information content (AvgIpc) is 3.12. The lowest BCUT2D eigenvalue weighted by Gasteiger charge is -2.19. The normalized spacial score (nSPS) is 11.6. The molecule has 7 nitrogen and oxygen atoms in total. The van der Waals surface area contributed by atoms with Crippen LogP contribution in [0.1, 0.15) is 26.3 Å². The van der Waals surface area contributed by atoms with Crippen LogP contribution in [-0.2, 0) is 10.2 Å². The smallest absolute Gasteiger partial charge is 0.266 e. The van der Waals surface area contributed by atoms with Gasteiger partial charge < -0.3 is 5.32 Å². The van der Waals surface area contributed by atoms with Gasteiger partial charge in [0, 0.05) is 17.3 Å². The number of para-hydroxylation sites is 1. The first-order valence-corrected chi connectivity index (χ1v) is 10.9. The number of hydrogen-bond donors (Lipinski definition) is 2. The molecule has 0 radical (unpaired) electrons. The van der Waals surface area contributed by atoms with Gasteiger partial charge in [-0.3, -0.25) is 14.7 Å². The standard InChI is InChI=1S/C23H23N5O2S/c1-23(2,3)16-11-9-15(10-12-16)21-25-18-13-19(29)27-28(18)22(26-21)31-14-20(30)24-17-7-5-4-6-8-17/h4-13H,14H2,1-3H3,(H,24,30)(H,27,29). The molecule has 4 aromatic rings. The number of aromatic nitrogens is 4. The van der Waals surface area contributed by atoms with Gasteiger partial charge in [-0.15, -0.1) is 0 Å². The molecule has 0 aliphatic carbocycles. The second-order valence-corrected chi connectivity index (χ2v) is 9.12. The van der Waals surface area contributed by atoms with Crippen molar-refractivity contribution in [2.24, 2.45) is 0 Å². The van der Waals surface area contributed by atoms with Gasteiger partial charge in [-0.2, -0.15) is 0 Å². The van der Waals surface area contributed by atoms with Gasteiger partial charge in [0.2, 0.25) is 5.91 Å². The molecule has 0 saturated heterocycles. The molecule has 0 spiro atoms. The van der Waals surface area contributed by atoms with Crippen molar-refractivity contribution in [3.8, 4) is 11.4 Å². The molecule has 2 N–H and O–H groups in total. The molecule has 4 rings (SSSR count). The van der Waals surface area contributed by atoms with Crippen LogP contribution in [0.3, 0.4) is 0 Å². The summed E-state index contributed by atoms with van der Waals surface area (Å²) in [4.78, 5) is 33.4. The lowest BCUT2D eigenvalue weighted by molar-refractivity contribution is -0.113. The van der Waals surface area contributed by atoms with E-state index in [9.17, 15) is 9.59 Å². The molecule has 0 aliphatic heterocycles. The number of benzene rings is 2. The predicted molar refractivity (Wildman–Crippen MR) is 124 cm³/mol. The van der Waals surface area contributed by atoms with Crippen LogP contribution in [0, 0.1) is 0 Å². The highest BCUT2D eigenvalue weighted by Crippen LogP contribution is 2.26. The number of thioether (sulfide) groups is 1. The highest BCUT2D eigenvalue weighted by molar-refractivity contribution is 7.99. The first kappa shape index (κ1) is 20.9. The number of anilines is 1. The molecule has 2 heterocycles. The van der Waals surface area contributed by atoms with Gasteiger partial charge in [0.05, 0.1) is 5.75 Å². The molecular weight excluding hydrogens is 410 g/mol. The fourth-order valence-corrected chi connectivity index (χ4v) is 3.83. The number of fused-ring (bicyclic) bond motifs is 1. The van der Waals surface area contributed by atoms with Crippen molar-refractivity contribution in [1.82, 2.24) is 19.6 Å². The number of carbonyl (C=O) groups is 1. The summed E-state index contributed by atoms with van der Waals surface area (Å²) in [7, 11) is 0. The van der Waals surface area contributed by atoms with Crippen molar-refractivity contribution in [2.75, 3.05) is 11.1 Å². The number of rotatable bonds is 5. The number of aromatic amines is 1. The molecular formula is C23H23N5O2S.